The van der Waals surface area contributed by atoms with Gasteiger partial charge >= 0.3 is 5.97 Å². The van der Waals surface area contributed by atoms with Gasteiger partial charge in [-0.2, -0.15) is 5.10 Å². The lowest BCUT2D eigenvalue weighted by atomic mass is 10.1. The largest absolute Gasteiger partial charge is 0.494 e. The Kier molecular flexibility index (Phi) is 5.98. The van der Waals surface area contributed by atoms with Gasteiger partial charge in [0, 0.05) is 17.3 Å². The van der Waals surface area contributed by atoms with Crippen molar-refractivity contribution in [3.63, 3.8) is 0 Å². The molecule has 0 aliphatic rings. The van der Waals surface area contributed by atoms with Crippen LogP contribution < -0.4 is 10.1 Å². The molecule has 2 aromatic heterocycles. The number of amides is 1. The number of ether oxygens (including phenoxy) is 2. The first-order valence-electron chi connectivity index (χ1n) is 9.83. The van der Waals surface area contributed by atoms with Crippen LogP contribution in [0.25, 0.3) is 16.9 Å². The number of rotatable bonds is 7. The molecular formula is C23H20N4O5. The molecule has 0 fully saturated rings. The van der Waals surface area contributed by atoms with Crippen LogP contribution in [0.2, 0.25) is 0 Å². The molecule has 1 amide bonds. The Labute approximate surface area is 183 Å². The van der Waals surface area contributed by atoms with Crippen LogP contribution in [0, 0.1) is 0 Å². The number of hydrogen-bond acceptors (Lipinski definition) is 7. The van der Waals surface area contributed by atoms with E-state index in [-0.39, 0.29) is 18.1 Å². The van der Waals surface area contributed by atoms with Gasteiger partial charge in [-0.1, -0.05) is 29.4 Å². The van der Waals surface area contributed by atoms with Crippen molar-refractivity contribution in [2.75, 3.05) is 19.0 Å². The molecule has 0 aliphatic carbocycles. The van der Waals surface area contributed by atoms with Crippen LogP contribution in [0.4, 0.5) is 5.69 Å². The van der Waals surface area contributed by atoms with Crippen LogP contribution >= 0.6 is 0 Å². The zero-order chi connectivity index (χ0) is 22.5. The van der Waals surface area contributed by atoms with Crippen molar-refractivity contribution in [2.45, 2.75) is 6.92 Å². The van der Waals surface area contributed by atoms with Crippen molar-refractivity contribution >= 4 is 17.6 Å². The molecule has 4 rings (SSSR count). The van der Waals surface area contributed by atoms with Gasteiger partial charge in [-0.15, -0.1) is 0 Å². The third-order valence-electron chi connectivity index (χ3n) is 4.59. The highest BCUT2D eigenvalue weighted by molar-refractivity contribution is 6.02. The number of hydrogen-bond donors (Lipinski definition) is 1. The van der Waals surface area contributed by atoms with E-state index < -0.39 is 11.9 Å². The van der Waals surface area contributed by atoms with Crippen molar-refractivity contribution in [1.82, 2.24) is 14.9 Å². The van der Waals surface area contributed by atoms with Gasteiger partial charge in [0.1, 0.15) is 11.4 Å². The SMILES string of the molecule is CCOC(=O)c1cc(-c2cccc(NC(=O)c3ccno3)c2)n(-c2ccccc2OC)n1. The molecule has 2 aromatic carbocycles. The predicted molar refractivity (Wildman–Crippen MR) is 116 cm³/mol. The summed E-state index contributed by atoms with van der Waals surface area (Å²) in [6, 6.07) is 17.6. The van der Waals surface area contributed by atoms with E-state index in [4.69, 9.17) is 14.0 Å². The van der Waals surface area contributed by atoms with Gasteiger partial charge in [-0.3, -0.25) is 4.79 Å². The van der Waals surface area contributed by atoms with Crippen molar-refractivity contribution in [1.29, 1.82) is 0 Å². The van der Waals surface area contributed by atoms with Crippen LogP contribution in [0.1, 0.15) is 28.0 Å². The van der Waals surface area contributed by atoms with E-state index in [9.17, 15) is 9.59 Å². The highest BCUT2D eigenvalue weighted by atomic mass is 16.5. The van der Waals surface area contributed by atoms with Gasteiger partial charge in [0.05, 0.1) is 25.6 Å². The molecule has 0 unspecified atom stereocenters. The molecule has 9 nitrogen and oxygen atoms in total. The maximum Gasteiger partial charge on any atom is 0.358 e. The maximum atomic E-state index is 12.4. The summed E-state index contributed by atoms with van der Waals surface area (Å²) in [5, 5.41) is 10.8. The summed E-state index contributed by atoms with van der Waals surface area (Å²) in [5.41, 5.74) is 2.68. The van der Waals surface area contributed by atoms with Crippen molar-refractivity contribution < 1.29 is 23.6 Å². The summed E-state index contributed by atoms with van der Waals surface area (Å²) < 4.78 is 17.1. The Morgan fingerprint density at radius 3 is 2.69 bits per heavy atom. The predicted octanol–water partition coefficient (Wildman–Crippen LogP) is 3.96. The third-order valence-corrected chi connectivity index (χ3v) is 4.59. The molecule has 0 saturated carbocycles. The summed E-state index contributed by atoms with van der Waals surface area (Å²) in [7, 11) is 1.56. The van der Waals surface area contributed by atoms with Gasteiger partial charge in [-0.25, -0.2) is 9.48 Å². The molecule has 2 heterocycles. The summed E-state index contributed by atoms with van der Waals surface area (Å²) in [6.07, 6.45) is 1.40. The van der Waals surface area contributed by atoms with Crippen LogP contribution in [0.3, 0.4) is 0 Å². The van der Waals surface area contributed by atoms with E-state index in [1.807, 2.05) is 24.3 Å². The minimum Gasteiger partial charge on any atom is -0.494 e. The molecule has 9 heteroatoms. The Hall–Kier alpha value is -4.40. The number of benzene rings is 2. The smallest absolute Gasteiger partial charge is 0.358 e. The molecule has 4 aromatic rings. The molecule has 32 heavy (non-hydrogen) atoms. The van der Waals surface area contributed by atoms with E-state index in [1.165, 1.54) is 12.3 Å². The first kappa shape index (κ1) is 20.9. The summed E-state index contributed by atoms with van der Waals surface area (Å²) in [4.78, 5) is 24.7. The minimum absolute atomic E-state index is 0.0964. The molecule has 0 aliphatic heterocycles. The normalized spacial score (nSPS) is 10.6. The molecule has 0 bridgehead atoms. The van der Waals surface area contributed by atoms with E-state index in [2.05, 4.69) is 15.6 Å². The maximum absolute atomic E-state index is 12.4. The Morgan fingerprint density at radius 1 is 1.09 bits per heavy atom. The molecule has 0 saturated heterocycles. The number of esters is 1. The van der Waals surface area contributed by atoms with Gasteiger partial charge in [-0.05, 0) is 37.3 Å². The number of aromatic nitrogens is 3. The number of nitrogens with zero attached hydrogens (tertiary/aromatic N) is 3. The lowest BCUT2D eigenvalue weighted by Crippen LogP contribution is -2.11. The molecular weight excluding hydrogens is 412 g/mol. The topological polar surface area (TPSA) is 108 Å². The number of methoxy groups -OCH3 is 1. The van der Waals surface area contributed by atoms with E-state index in [1.54, 1.807) is 49.0 Å². The first-order valence-corrected chi connectivity index (χ1v) is 9.83. The van der Waals surface area contributed by atoms with Crippen LogP contribution in [0.5, 0.6) is 5.75 Å². The van der Waals surface area contributed by atoms with Gasteiger partial charge in [0.25, 0.3) is 5.91 Å². The Balaban J connectivity index is 1.77. The molecule has 0 atom stereocenters. The monoisotopic (exact) mass is 432 g/mol. The summed E-state index contributed by atoms with van der Waals surface area (Å²) in [6.45, 7) is 1.97. The number of carbonyl (C=O) groups is 2. The quantitative estimate of drug-likeness (QED) is 0.440. The van der Waals surface area contributed by atoms with Gasteiger partial charge in [0.15, 0.2) is 5.69 Å². The fourth-order valence-electron chi connectivity index (χ4n) is 3.16. The number of para-hydroxylation sites is 2. The second-order valence-corrected chi connectivity index (χ2v) is 6.63. The summed E-state index contributed by atoms with van der Waals surface area (Å²) >= 11 is 0. The summed E-state index contributed by atoms with van der Waals surface area (Å²) in [5.74, 6) is -0.275. The van der Waals surface area contributed by atoms with Crippen LogP contribution in [-0.4, -0.2) is 40.5 Å². The Morgan fingerprint density at radius 2 is 1.94 bits per heavy atom. The highest BCUT2D eigenvalue weighted by Crippen LogP contribution is 2.30. The molecule has 0 radical (unpaired) electrons. The van der Waals surface area contributed by atoms with Gasteiger partial charge in [0.2, 0.25) is 5.76 Å². The van der Waals surface area contributed by atoms with Crippen LogP contribution in [-0.2, 0) is 4.74 Å². The van der Waals surface area contributed by atoms with Crippen molar-refractivity contribution in [3.8, 4) is 22.7 Å². The van der Waals surface area contributed by atoms with Crippen molar-refractivity contribution in [3.05, 3.63) is 78.3 Å². The highest BCUT2D eigenvalue weighted by Gasteiger charge is 2.20. The van der Waals surface area contributed by atoms with Crippen LogP contribution in [0.15, 0.2) is 71.4 Å². The number of carbonyl (C=O) groups excluding carboxylic acids is 2. The van der Waals surface area contributed by atoms with Crippen molar-refractivity contribution in [2.24, 2.45) is 0 Å². The molecule has 0 spiro atoms. The fraction of sp³-hybridized carbons (Fsp3) is 0.130. The molecule has 162 valence electrons. The average molecular weight is 432 g/mol. The van der Waals surface area contributed by atoms with E-state index in [0.29, 0.717) is 28.4 Å². The van der Waals surface area contributed by atoms with E-state index >= 15 is 0 Å². The minimum atomic E-state index is -0.530. The first-order chi connectivity index (χ1) is 15.6. The zero-order valence-corrected chi connectivity index (χ0v) is 17.4. The van der Waals surface area contributed by atoms with E-state index in [0.717, 1.165) is 0 Å². The average Bonchev–Trinajstić information content (AvgIpc) is 3.50. The standard InChI is InChI=1S/C23H20N4O5/c1-3-31-23(29)17-14-19(27(26-17)18-9-4-5-10-20(18)30-2)15-7-6-8-16(13-15)25-22(28)21-11-12-24-32-21/h4-14H,3H2,1-2H3,(H,25,28). The zero-order valence-electron chi connectivity index (χ0n) is 17.4. The Bertz CT molecular complexity index is 1250. The molecule has 1 N–H and O–H groups in total. The second-order valence-electron chi connectivity index (χ2n) is 6.63. The second kappa shape index (κ2) is 9.17. The third kappa shape index (κ3) is 4.22. The lowest BCUT2D eigenvalue weighted by Gasteiger charge is -2.12. The fourth-order valence-corrected chi connectivity index (χ4v) is 3.16. The number of nitrogens with one attached hydrogen (secondary N) is 1. The number of anilines is 1. The lowest BCUT2D eigenvalue weighted by molar-refractivity contribution is 0.0518. The van der Waals surface area contributed by atoms with Gasteiger partial charge < -0.3 is 19.3 Å².